The van der Waals surface area contributed by atoms with Gasteiger partial charge in [-0.05, 0) is 24.3 Å². The van der Waals surface area contributed by atoms with Crippen molar-refractivity contribution in [1.29, 1.82) is 0 Å². The molecule has 0 radical (unpaired) electrons. The van der Waals surface area contributed by atoms with Crippen LogP contribution in [0.1, 0.15) is 10.4 Å². The largest absolute Gasteiger partial charge is 0.454 e. The minimum atomic E-state index is -0.247. The average Bonchev–Trinajstić information content (AvgIpc) is 3.14. The molecular formula is C19H21N3O5. The number of amides is 2. The van der Waals surface area contributed by atoms with Crippen molar-refractivity contribution in [2.24, 2.45) is 0 Å². The maximum atomic E-state index is 12.3. The first-order valence-corrected chi connectivity index (χ1v) is 8.47. The average molecular weight is 371 g/mol. The molecule has 0 unspecified atom stereocenters. The van der Waals surface area contributed by atoms with Crippen LogP contribution in [0.2, 0.25) is 0 Å². The van der Waals surface area contributed by atoms with Crippen molar-refractivity contribution in [3.63, 3.8) is 0 Å². The summed E-state index contributed by atoms with van der Waals surface area (Å²) < 4.78 is 15.5. The summed E-state index contributed by atoms with van der Waals surface area (Å²) in [5.41, 5.74) is 1.65. The minimum absolute atomic E-state index is 0.0107. The molecule has 0 aliphatic carbocycles. The summed E-state index contributed by atoms with van der Waals surface area (Å²) in [6.07, 6.45) is 0. The fraction of sp³-hybridized carbons (Fsp3) is 0.263. The molecule has 1 heterocycles. The van der Waals surface area contributed by atoms with Crippen LogP contribution in [0, 0.1) is 0 Å². The van der Waals surface area contributed by atoms with Gasteiger partial charge in [-0.1, -0.05) is 12.1 Å². The van der Waals surface area contributed by atoms with Crippen molar-refractivity contribution in [3.8, 4) is 11.5 Å². The number of benzene rings is 2. The highest BCUT2D eigenvalue weighted by atomic mass is 16.7. The normalized spacial score (nSPS) is 11.7. The predicted octanol–water partition coefficient (Wildman–Crippen LogP) is 1.84. The fourth-order valence-electron chi connectivity index (χ4n) is 2.55. The third-order valence-corrected chi connectivity index (χ3v) is 3.86. The number of rotatable bonds is 8. The van der Waals surface area contributed by atoms with Crippen LogP contribution in [0.5, 0.6) is 11.5 Å². The maximum absolute atomic E-state index is 12.3. The lowest BCUT2D eigenvalue weighted by Crippen LogP contribution is -2.28. The molecule has 0 saturated heterocycles. The molecular weight excluding hydrogens is 350 g/mol. The van der Waals surface area contributed by atoms with Crippen molar-refractivity contribution in [2.75, 3.05) is 44.2 Å². The molecule has 0 atom stereocenters. The summed E-state index contributed by atoms with van der Waals surface area (Å²) in [6.45, 7) is 1.03. The van der Waals surface area contributed by atoms with Gasteiger partial charge >= 0.3 is 0 Å². The number of carbonyl (C=O) groups is 2. The molecule has 1 aliphatic heterocycles. The number of nitrogens with one attached hydrogen (secondary N) is 3. The molecule has 2 aromatic rings. The maximum Gasteiger partial charge on any atom is 0.253 e. The van der Waals surface area contributed by atoms with E-state index < -0.39 is 0 Å². The summed E-state index contributed by atoms with van der Waals surface area (Å²) in [5.74, 6) is 0.771. The van der Waals surface area contributed by atoms with E-state index in [2.05, 4.69) is 16.0 Å². The van der Waals surface area contributed by atoms with E-state index >= 15 is 0 Å². The van der Waals surface area contributed by atoms with E-state index in [1.165, 1.54) is 0 Å². The minimum Gasteiger partial charge on any atom is -0.454 e. The van der Waals surface area contributed by atoms with E-state index in [9.17, 15) is 9.59 Å². The molecule has 0 aromatic heterocycles. The van der Waals surface area contributed by atoms with Gasteiger partial charge in [-0.2, -0.15) is 0 Å². The summed E-state index contributed by atoms with van der Waals surface area (Å²) in [7, 11) is 1.57. The summed E-state index contributed by atoms with van der Waals surface area (Å²) in [5, 5.41) is 8.54. The third kappa shape index (κ3) is 4.89. The van der Waals surface area contributed by atoms with E-state index in [0.717, 1.165) is 0 Å². The number of anilines is 2. The Hall–Kier alpha value is -3.26. The molecule has 8 nitrogen and oxygen atoms in total. The second-order valence-electron chi connectivity index (χ2n) is 5.76. The van der Waals surface area contributed by atoms with Crippen LogP contribution in [0.4, 0.5) is 11.4 Å². The molecule has 0 bridgehead atoms. The molecule has 2 aromatic carbocycles. The van der Waals surface area contributed by atoms with Crippen LogP contribution in [0.25, 0.3) is 0 Å². The summed E-state index contributed by atoms with van der Waals surface area (Å²) in [4.78, 5) is 24.5. The van der Waals surface area contributed by atoms with Crippen LogP contribution in [0.15, 0.2) is 42.5 Å². The first kappa shape index (κ1) is 18.5. The number of ether oxygens (including phenoxy) is 3. The Morgan fingerprint density at radius 3 is 2.78 bits per heavy atom. The van der Waals surface area contributed by atoms with Crippen molar-refractivity contribution in [2.45, 2.75) is 0 Å². The van der Waals surface area contributed by atoms with Crippen molar-refractivity contribution in [3.05, 3.63) is 48.0 Å². The van der Waals surface area contributed by atoms with Gasteiger partial charge in [0.15, 0.2) is 11.5 Å². The van der Waals surface area contributed by atoms with Gasteiger partial charge in [0.2, 0.25) is 12.7 Å². The Morgan fingerprint density at radius 1 is 1.11 bits per heavy atom. The molecule has 142 valence electrons. The van der Waals surface area contributed by atoms with Crippen LogP contribution in [-0.2, 0) is 9.53 Å². The first-order chi connectivity index (χ1) is 13.2. The third-order valence-electron chi connectivity index (χ3n) is 3.86. The van der Waals surface area contributed by atoms with E-state index in [4.69, 9.17) is 14.2 Å². The summed E-state index contributed by atoms with van der Waals surface area (Å²) in [6, 6.07) is 12.2. The van der Waals surface area contributed by atoms with Gasteiger partial charge < -0.3 is 30.2 Å². The quantitative estimate of drug-likeness (QED) is 0.613. The number of hydrogen-bond acceptors (Lipinski definition) is 6. The van der Waals surface area contributed by atoms with Gasteiger partial charge in [0.05, 0.1) is 18.7 Å². The van der Waals surface area contributed by atoms with Gasteiger partial charge in [0, 0.05) is 31.1 Å². The zero-order valence-electron chi connectivity index (χ0n) is 14.9. The Morgan fingerprint density at radius 2 is 1.93 bits per heavy atom. The lowest BCUT2D eigenvalue weighted by Gasteiger charge is -2.12. The number of carbonyl (C=O) groups excluding carboxylic acids is 2. The Bertz CT molecular complexity index is 825. The van der Waals surface area contributed by atoms with Gasteiger partial charge in [0.25, 0.3) is 5.91 Å². The lowest BCUT2D eigenvalue weighted by molar-refractivity contribution is -0.114. The monoisotopic (exact) mass is 371 g/mol. The molecule has 3 rings (SSSR count). The van der Waals surface area contributed by atoms with Crippen LogP contribution in [-0.4, -0.2) is 45.4 Å². The zero-order chi connectivity index (χ0) is 19.1. The molecule has 0 saturated carbocycles. The molecule has 27 heavy (non-hydrogen) atoms. The topological polar surface area (TPSA) is 97.9 Å². The number of fused-ring (bicyclic) bond motifs is 1. The Labute approximate surface area is 156 Å². The molecule has 2 amide bonds. The van der Waals surface area contributed by atoms with Crippen molar-refractivity contribution >= 4 is 23.2 Å². The summed E-state index contributed by atoms with van der Waals surface area (Å²) >= 11 is 0. The molecule has 0 fully saturated rings. The Kier molecular flexibility index (Phi) is 6.11. The highest BCUT2D eigenvalue weighted by Crippen LogP contribution is 2.34. The zero-order valence-corrected chi connectivity index (χ0v) is 14.9. The molecule has 8 heteroatoms. The highest BCUT2D eigenvalue weighted by molar-refractivity contribution is 6.01. The van der Waals surface area contributed by atoms with E-state index in [0.29, 0.717) is 41.6 Å². The van der Waals surface area contributed by atoms with E-state index in [1.807, 2.05) is 0 Å². The second-order valence-corrected chi connectivity index (χ2v) is 5.76. The predicted molar refractivity (Wildman–Crippen MR) is 100 cm³/mol. The number of para-hydroxylation sites is 1. The standard InChI is InChI=1S/C19H21N3O5/c1-25-9-8-20-19(24)14-4-2-3-5-15(14)21-11-18(23)22-13-6-7-16-17(10-13)27-12-26-16/h2-7,10,21H,8-9,11-12H2,1H3,(H,20,24)(H,22,23). The molecule has 0 spiro atoms. The SMILES string of the molecule is COCCNC(=O)c1ccccc1NCC(=O)Nc1ccc2c(c1)OCO2. The first-order valence-electron chi connectivity index (χ1n) is 8.47. The smallest absolute Gasteiger partial charge is 0.253 e. The fourth-order valence-corrected chi connectivity index (χ4v) is 2.55. The van der Waals surface area contributed by atoms with Gasteiger partial charge in [-0.3, -0.25) is 9.59 Å². The number of methoxy groups -OCH3 is 1. The lowest BCUT2D eigenvalue weighted by atomic mass is 10.1. The van der Waals surface area contributed by atoms with E-state index in [1.54, 1.807) is 49.6 Å². The van der Waals surface area contributed by atoms with E-state index in [-0.39, 0.29) is 25.2 Å². The van der Waals surface area contributed by atoms with Crippen LogP contribution in [0.3, 0.4) is 0 Å². The van der Waals surface area contributed by atoms with Crippen molar-refractivity contribution < 1.29 is 23.8 Å². The van der Waals surface area contributed by atoms with Crippen LogP contribution < -0.4 is 25.4 Å². The second kappa shape index (κ2) is 8.91. The Balaban J connectivity index is 1.56. The van der Waals surface area contributed by atoms with Gasteiger partial charge in [-0.15, -0.1) is 0 Å². The molecule has 3 N–H and O–H groups in total. The van der Waals surface area contributed by atoms with Gasteiger partial charge in [0.1, 0.15) is 0 Å². The molecule has 1 aliphatic rings. The highest BCUT2D eigenvalue weighted by Gasteiger charge is 2.15. The van der Waals surface area contributed by atoms with Crippen molar-refractivity contribution in [1.82, 2.24) is 5.32 Å². The van der Waals surface area contributed by atoms with Crippen LogP contribution >= 0.6 is 0 Å². The van der Waals surface area contributed by atoms with Gasteiger partial charge in [-0.25, -0.2) is 0 Å². The number of hydrogen-bond donors (Lipinski definition) is 3.